The SMILES string of the molecule is CCCn1ncc(Br)c1C(=O)CSCC(C)C. The van der Waals surface area contributed by atoms with Crippen LogP contribution in [0.1, 0.15) is 37.7 Å². The zero-order valence-electron chi connectivity index (χ0n) is 10.6. The number of nitrogens with zero attached hydrogens (tertiary/aromatic N) is 2. The van der Waals surface area contributed by atoms with Gasteiger partial charge in [-0.3, -0.25) is 9.48 Å². The van der Waals surface area contributed by atoms with Gasteiger partial charge in [0.15, 0.2) is 5.78 Å². The Morgan fingerprint density at radius 3 is 2.88 bits per heavy atom. The molecule has 5 heteroatoms. The molecule has 0 aliphatic heterocycles. The fourth-order valence-corrected chi connectivity index (χ4v) is 2.91. The number of Topliss-reactive ketones (excluding diaryl/α,β-unsaturated/α-hetero) is 1. The smallest absolute Gasteiger partial charge is 0.191 e. The van der Waals surface area contributed by atoms with Gasteiger partial charge in [0, 0.05) is 6.54 Å². The molecule has 0 bridgehead atoms. The lowest BCUT2D eigenvalue weighted by molar-refractivity contribution is 0.101. The van der Waals surface area contributed by atoms with Crippen molar-refractivity contribution in [2.45, 2.75) is 33.7 Å². The summed E-state index contributed by atoms with van der Waals surface area (Å²) in [6, 6.07) is 0. The van der Waals surface area contributed by atoms with Crippen LogP contribution in [0.4, 0.5) is 0 Å². The third-order valence-electron chi connectivity index (χ3n) is 2.18. The number of thioether (sulfide) groups is 1. The molecule has 0 amide bonds. The maximum atomic E-state index is 12.1. The van der Waals surface area contributed by atoms with Crippen molar-refractivity contribution in [3.8, 4) is 0 Å². The average molecular weight is 319 g/mol. The van der Waals surface area contributed by atoms with Crippen LogP contribution in [0, 0.1) is 5.92 Å². The fraction of sp³-hybridized carbons (Fsp3) is 0.667. The Morgan fingerprint density at radius 1 is 1.59 bits per heavy atom. The maximum Gasteiger partial charge on any atom is 0.191 e. The fourth-order valence-electron chi connectivity index (χ4n) is 1.48. The first kappa shape index (κ1) is 14.8. The third kappa shape index (κ3) is 4.47. The Labute approximate surface area is 115 Å². The van der Waals surface area contributed by atoms with Crippen LogP contribution in [-0.4, -0.2) is 27.1 Å². The monoisotopic (exact) mass is 318 g/mol. The Hall–Kier alpha value is -0.290. The predicted octanol–water partition coefficient (Wildman–Crippen LogP) is 3.63. The lowest BCUT2D eigenvalue weighted by Crippen LogP contribution is -2.13. The van der Waals surface area contributed by atoms with E-state index in [0.29, 0.717) is 17.4 Å². The first-order valence-corrected chi connectivity index (χ1v) is 7.83. The van der Waals surface area contributed by atoms with Crippen LogP contribution in [0.3, 0.4) is 0 Å². The largest absolute Gasteiger partial charge is 0.291 e. The Balaban J connectivity index is 2.64. The molecular weight excluding hydrogens is 300 g/mol. The number of ketones is 1. The van der Waals surface area contributed by atoms with Crippen molar-refractivity contribution in [1.29, 1.82) is 0 Å². The third-order valence-corrected chi connectivity index (χ3v) is 4.13. The highest BCUT2D eigenvalue weighted by Crippen LogP contribution is 2.19. The van der Waals surface area contributed by atoms with Crippen LogP contribution in [-0.2, 0) is 6.54 Å². The van der Waals surface area contributed by atoms with E-state index in [1.54, 1.807) is 22.6 Å². The molecule has 1 aromatic heterocycles. The van der Waals surface area contributed by atoms with Crippen LogP contribution in [0.25, 0.3) is 0 Å². The molecule has 1 aromatic rings. The van der Waals surface area contributed by atoms with Gasteiger partial charge in [-0.2, -0.15) is 16.9 Å². The molecule has 0 N–H and O–H groups in total. The molecule has 3 nitrogen and oxygen atoms in total. The topological polar surface area (TPSA) is 34.9 Å². The molecule has 0 fully saturated rings. The molecule has 0 saturated carbocycles. The quantitative estimate of drug-likeness (QED) is 0.720. The molecule has 0 spiro atoms. The summed E-state index contributed by atoms with van der Waals surface area (Å²) in [7, 11) is 0. The second kappa shape index (κ2) is 7.21. The number of hydrogen-bond donors (Lipinski definition) is 0. The normalized spacial score (nSPS) is 11.1. The van der Waals surface area contributed by atoms with Crippen molar-refractivity contribution in [2.75, 3.05) is 11.5 Å². The van der Waals surface area contributed by atoms with Gasteiger partial charge in [-0.1, -0.05) is 20.8 Å². The van der Waals surface area contributed by atoms with Gasteiger partial charge in [-0.25, -0.2) is 0 Å². The van der Waals surface area contributed by atoms with Gasteiger partial charge in [0.05, 0.1) is 16.4 Å². The number of rotatable bonds is 7. The summed E-state index contributed by atoms with van der Waals surface area (Å²) >= 11 is 5.09. The van der Waals surface area contributed by atoms with Gasteiger partial charge in [-0.05, 0) is 34.0 Å². The van der Waals surface area contributed by atoms with E-state index >= 15 is 0 Å². The maximum absolute atomic E-state index is 12.1. The molecule has 0 radical (unpaired) electrons. The highest BCUT2D eigenvalue weighted by molar-refractivity contribution is 9.10. The Bertz CT molecular complexity index is 377. The molecular formula is C12H19BrN2OS. The summed E-state index contributed by atoms with van der Waals surface area (Å²) < 4.78 is 2.60. The highest BCUT2D eigenvalue weighted by Gasteiger charge is 2.16. The minimum Gasteiger partial charge on any atom is -0.291 e. The Kier molecular flexibility index (Phi) is 6.27. The van der Waals surface area contributed by atoms with E-state index < -0.39 is 0 Å². The van der Waals surface area contributed by atoms with E-state index in [1.807, 2.05) is 0 Å². The summed E-state index contributed by atoms with van der Waals surface area (Å²) in [5.74, 6) is 2.34. The van der Waals surface area contributed by atoms with Crippen molar-refractivity contribution in [3.63, 3.8) is 0 Å². The molecule has 0 aromatic carbocycles. The van der Waals surface area contributed by atoms with E-state index in [-0.39, 0.29) is 5.78 Å². The molecule has 0 atom stereocenters. The summed E-state index contributed by atoms with van der Waals surface area (Å²) in [6.07, 6.45) is 2.68. The molecule has 96 valence electrons. The molecule has 0 aliphatic rings. The lowest BCUT2D eigenvalue weighted by atomic mass is 10.3. The van der Waals surface area contributed by atoms with Gasteiger partial charge in [0.1, 0.15) is 5.69 Å². The van der Waals surface area contributed by atoms with Crippen LogP contribution >= 0.6 is 27.7 Å². The summed E-state index contributed by atoms with van der Waals surface area (Å²) in [6.45, 7) is 7.20. The summed E-state index contributed by atoms with van der Waals surface area (Å²) in [5, 5.41) is 4.21. The predicted molar refractivity (Wildman–Crippen MR) is 76.7 cm³/mol. The first-order valence-electron chi connectivity index (χ1n) is 5.88. The molecule has 0 saturated heterocycles. The Morgan fingerprint density at radius 2 is 2.29 bits per heavy atom. The zero-order valence-corrected chi connectivity index (χ0v) is 13.0. The van der Waals surface area contributed by atoms with E-state index in [4.69, 9.17) is 0 Å². The first-order chi connectivity index (χ1) is 8.06. The second-order valence-corrected chi connectivity index (χ2v) is 6.28. The van der Waals surface area contributed by atoms with Crippen molar-refractivity contribution >= 4 is 33.5 Å². The van der Waals surface area contributed by atoms with Gasteiger partial charge >= 0.3 is 0 Å². The second-order valence-electron chi connectivity index (χ2n) is 4.40. The van der Waals surface area contributed by atoms with E-state index in [2.05, 4.69) is 41.8 Å². The van der Waals surface area contributed by atoms with Crippen LogP contribution < -0.4 is 0 Å². The van der Waals surface area contributed by atoms with E-state index in [0.717, 1.165) is 23.2 Å². The molecule has 1 heterocycles. The number of hydrogen-bond acceptors (Lipinski definition) is 3. The summed E-state index contributed by atoms with van der Waals surface area (Å²) in [5.41, 5.74) is 0.711. The number of aromatic nitrogens is 2. The number of carbonyl (C=O) groups is 1. The minimum atomic E-state index is 0.161. The zero-order chi connectivity index (χ0) is 12.8. The average Bonchev–Trinajstić information content (AvgIpc) is 2.60. The number of carbonyl (C=O) groups excluding carboxylic acids is 1. The van der Waals surface area contributed by atoms with Crippen LogP contribution in [0.2, 0.25) is 0 Å². The van der Waals surface area contributed by atoms with Crippen molar-refractivity contribution < 1.29 is 4.79 Å². The highest BCUT2D eigenvalue weighted by atomic mass is 79.9. The van der Waals surface area contributed by atoms with Crippen molar-refractivity contribution in [2.24, 2.45) is 5.92 Å². The number of halogens is 1. The van der Waals surface area contributed by atoms with Crippen molar-refractivity contribution in [1.82, 2.24) is 9.78 Å². The van der Waals surface area contributed by atoms with E-state index in [1.165, 1.54) is 0 Å². The van der Waals surface area contributed by atoms with Gasteiger partial charge < -0.3 is 0 Å². The van der Waals surface area contributed by atoms with Crippen molar-refractivity contribution in [3.05, 3.63) is 16.4 Å². The van der Waals surface area contributed by atoms with Crippen LogP contribution in [0.15, 0.2) is 10.7 Å². The summed E-state index contributed by atoms with van der Waals surface area (Å²) in [4.78, 5) is 12.1. The minimum absolute atomic E-state index is 0.161. The number of aryl methyl sites for hydroxylation is 1. The van der Waals surface area contributed by atoms with E-state index in [9.17, 15) is 4.79 Å². The standard InChI is InChI=1S/C12H19BrN2OS/c1-4-5-15-12(10(13)6-14-15)11(16)8-17-7-9(2)3/h6,9H,4-5,7-8H2,1-3H3. The van der Waals surface area contributed by atoms with Gasteiger partial charge in [-0.15, -0.1) is 0 Å². The molecule has 0 unspecified atom stereocenters. The van der Waals surface area contributed by atoms with Crippen LogP contribution in [0.5, 0.6) is 0 Å². The van der Waals surface area contributed by atoms with Gasteiger partial charge in [0.25, 0.3) is 0 Å². The molecule has 1 rings (SSSR count). The molecule has 17 heavy (non-hydrogen) atoms. The van der Waals surface area contributed by atoms with Gasteiger partial charge in [0.2, 0.25) is 0 Å². The molecule has 0 aliphatic carbocycles. The lowest BCUT2D eigenvalue weighted by Gasteiger charge is -2.07.